The van der Waals surface area contributed by atoms with Gasteiger partial charge in [0, 0.05) is 19.1 Å². The zero-order valence-electron chi connectivity index (χ0n) is 12.5. The summed E-state index contributed by atoms with van der Waals surface area (Å²) >= 11 is 0. The molecule has 0 radical (unpaired) electrons. The topological polar surface area (TPSA) is 60.9 Å². The van der Waals surface area contributed by atoms with Crippen LogP contribution >= 0.6 is 0 Å². The molecule has 20 heavy (non-hydrogen) atoms. The molecule has 2 rings (SSSR count). The number of carbonyl (C=O) groups is 2. The number of likely N-dealkylation sites (tertiary alicyclic amines) is 1. The molecule has 1 aliphatic carbocycles. The summed E-state index contributed by atoms with van der Waals surface area (Å²) in [6.45, 7) is 5.14. The molecule has 0 aromatic rings. The molecule has 0 aromatic carbocycles. The van der Waals surface area contributed by atoms with Crippen molar-refractivity contribution in [3.63, 3.8) is 0 Å². The molecule has 1 saturated carbocycles. The van der Waals surface area contributed by atoms with Crippen LogP contribution in [-0.2, 0) is 4.79 Å². The Morgan fingerprint density at radius 3 is 2.60 bits per heavy atom. The fourth-order valence-corrected chi connectivity index (χ4v) is 3.64. The summed E-state index contributed by atoms with van der Waals surface area (Å²) < 4.78 is 0. The Bertz CT molecular complexity index is 370. The minimum Gasteiger partial charge on any atom is -0.480 e. The monoisotopic (exact) mass is 282 g/mol. The van der Waals surface area contributed by atoms with E-state index in [-0.39, 0.29) is 18.5 Å². The normalized spacial score (nSPS) is 25.6. The molecule has 0 bridgehead atoms. The summed E-state index contributed by atoms with van der Waals surface area (Å²) in [5.41, 5.74) is 0. The van der Waals surface area contributed by atoms with E-state index in [9.17, 15) is 9.59 Å². The van der Waals surface area contributed by atoms with Crippen molar-refractivity contribution in [1.82, 2.24) is 9.80 Å². The van der Waals surface area contributed by atoms with Gasteiger partial charge in [0.1, 0.15) is 6.54 Å². The lowest BCUT2D eigenvalue weighted by molar-refractivity contribution is -0.137. The SMILES string of the molecule is CC(C)CN(CC(=O)O)C(=O)N1CCC2CCCCC21. The predicted octanol–water partition coefficient (Wildman–Crippen LogP) is 2.41. The van der Waals surface area contributed by atoms with Crippen LogP contribution in [0.4, 0.5) is 4.79 Å². The van der Waals surface area contributed by atoms with Crippen LogP contribution in [-0.4, -0.2) is 52.6 Å². The standard InChI is InChI=1S/C15H26N2O3/c1-11(2)9-16(10-14(18)19)15(20)17-8-7-12-5-3-4-6-13(12)17/h11-13H,3-10H2,1-2H3,(H,18,19). The van der Waals surface area contributed by atoms with Crippen LogP contribution < -0.4 is 0 Å². The second-order valence-corrected chi connectivity index (χ2v) is 6.54. The van der Waals surface area contributed by atoms with Gasteiger partial charge in [0.05, 0.1) is 0 Å². The number of carboxylic acid groups (broad SMARTS) is 1. The first-order valence-corrected chi connectivity index (χ1v) is 7.76. The van der Waals surface area contributed by atoms with Crippen molar-refractivity contribution in [3.05, 3.63) is 0 Å². The minimum absolute atomic E-state index is 0.0736. The fourth-order valence-electron chi connectivity index (χ4n) is 3.64. The highest BCUT2D eigenvalue weighted by Gasteiger charge is 2.39. The van der Waals surface area contributed by atoms with Crippen LogP contribution in [0, 0.1) is 11.8 Å². The number of carbonyl (C=O) groups excluding carboxylic acids is 1. The third-order valence-corrected chi connectivity index (χ3v) is 4.44. The first-order valence-electron chi connectivity index (χ1n) is 7.76. The maximum Gasteiger partial charge on any atom is 0.323 e. The van der Waals surface area contributed by atoms with E-state index in [0.29, 0.717) is 18.5 Å². The molecule has 114 valence electrons. The average molecular weight is 282 g/mol. The van der Waals surface area contributed by atoms with Crippen molar-refractivity contribution >= 4 is 12.0 Å². The fraction of sp³-hybridized carbons (Fsp3) is 0.867. The van der Waals surface area contributed by atoms with Crippen molar-refractivity contribution in [3.8, 4) is 0 Å². The van der Waals surface area contributed by atoms with Gasteiger partial charge in [0.2, 0.25) is 0 Å². The van der Waals surface area contributed by atoms with E-state index in [1.807, 2.05) is 18.7 Å². The number of urea groups is 1. The summed E-state index contributed by atoms with van der Waals surface area (Å²) in [6.07, 6.45) is 5.84. The van der Waals surface area contributed by atoms with Crippen molar-refractivity contribution in [1.29, 1.82) is 0 Å². The molecule has 1 N–H and O–H groups in total. The van der Waals surface area contributed by atoms with E-state index in [1.54, 1.807) is 0 Å². The Morgan fingerprint density at radius 2 is 1.95 bits per heavy atom. The third kappa shape index (κ3) is 3.44. The molecule has 1 aliphatic heterocycles. The lowest BCUT2D eigenvalue weighted by atomic mass is 9.85. The number of fused-ring (bicyclic) bond motifs is 1. The van der Waals surface area contributed by atoms with Gasteiger partial charge in [0.15, 0.2) is 0 Å². The maximum absolute atomic E-state index is 12.7. The van der Waals surface area contributed by atoms with Gasteiger partial charge in [0.25, 0.3) is 0 Å². The van der Waals surface area contributed by atoms with Gasteiger partial charge >= 0.3 is 12.0 Å². The molecular formula is C15H26N2O3. The number of hydrogen-bond acceptors (Lipinski definition) is 2. The van der Waals surface area contributed by atoms with Crippen LogP contribution in [0.5, 0.6) is 0 Å². The van der Waals surface area contributed by atoms with Gasteiger partial charge in [-0.1, -0.05) is 26.7 Å². The minimum atomic E-state index is -0.932. The lowest BCUT2D eigenvalue weighted by Crippen LogP contribution is -2.49. The molecule has 5 nitrogen and oxygen atoms in total. The summed E-state index contributed by atoms with van der Waals surface area (Å²) in [7, 11) is 0. The van der Waals surface area contributed by atoms with E-state index in [0.717, 1.165) is 19.4 Å². The Morgan fingerprint density at radius 1 is 1.25 bits per heavy atom. The highest BCUT2D eigenvalue weighted by atomic mass is 16.4. The zero-order valence-corrected chi connectivity index (χ0v) is 12.5. The van der Waals surface area contributed by atoms with Gasteiger partial charge in [-0.25, -0.2) is 4.79 Å². The van der Waals surface area contributed by atoms with Crippen molar-refractivity contribution in [2.24, 2.45) is 11.8 Å². The van der Waals surface area contributed by atoms with Crippen molar-refractivity contribution < 1.29 is 14.7 Å². The van der Waals surface area contributed by atoms with Crippen LogP contribution in [0.15, 0.2) is 0 Å². The summed E-state index contributed by atoms with van der Waals surface area (Å²) in [6, 6.07) is 0.273. The van der Waals surface area contributed by atoms with E-state index < -0.39 is 5.97 Å². The molecule has 5 heteroatoms. The second kappa shape index (κ2) is 6.46. The molecular weight excluding hydrogens is 256 g/mol. The van der Waals surface area contributed by atoms with E-state index in [1.165, 1.54) is 24.2 Å². The van der Waals surface area contributed by atoms with Crippen LogP contribution in [0.1, 0.15) is 46.0 Å². The maximum atomic E-state index is 12.7. The number of aliphatic carboxylic acids is 1. The van der Waals surface area contributed by atoms with Crippen molar-refractivity contribution in [2.45, 2.75) is 52.0 Å². The van der Waals surface area contributed by atoms with Crippen LogP contribution in [0.2, 0.25) is 0 Å². The van der Waals surface area contributed by atoms with Crippen LogP contribution in [0.25, 0.3) is 0 Å². The number of hydrogen-bond donors (Lipinski definition) is 1. The molecule has 2 amide bonds. The highest BCUT2D eigenvalue weighted by Crippen LogP contribution is 2.36. The quantitative estimate of drug-likeness (QED) is 0.861. The van der Waals surface area contributed by atoms with Gasteiger partial charge < -0.3 is 14.9 Å². The summed E-state index contributed by atoms with van der Waals surface area (Å²) in [5.74, 6) is -0.0140. The molecule has 2 atom stereocenters. The summed E-state index contributed by atoms with van der Waals surface area (Å²) in [5, 5.41) is 9.01. The first kappa shape index (κ1) is 15.1. The third-order valence-electron chi connectivity index (χ3n) is 4.44. The van der Waals surface area contributed by atoms with Gasteiger partial charge in [-0.3, -0.25) is 4.79 Å². The molecule has 1 saturated heterocycles. The molecule has 1 heterocycles. The Balaban J connectivity index is 2.04. The smallest absolute Gasteiger partial charge is 0.323 e. The highest BCUT2D eigenvalue weighted by molar-refractivity contribution is 5.80. The Labute approximate surface area is 120 Å². The molecule has 2 unspecified atom stereocenters. The number of amides is 2. The van der Waals surface area contributed by atoms with E-state index >= 15 is 0 Å². The van der Waals surface area contributed by atoms with E-state index in [2.05, 4.69) is 0 Å². The summed E-state index contributed by atoms with van der Waals surface area (Å²) in [4.78, 5) is 27.1. The second-order valence-electron chi connectivity index (χ2n) is 6.54. The van der Waals surface area contributed by atoms with Gasteiger partial charge in [-0.2, -0.15) is 0 Å². The Kier molecular flexibility index (Phi) is 4.89. The van der Waals surface area contributed by atoms with Crippen LogP contribution in [0.3, 0.4) is 0 Å². The van der Waals surface area contributed by atoms with Gasteiger partial charge in [-0.05, 0) is 31.1 Å². The van der Waals surface area contributed by atoms with E-state index in [4.69, 9.17) is 5.11 Å². The first-order chi connectivity index (χ1) is 9.49. The number of rotatable bonds is 4. The number of carboxylic acids is 1. The molecule has 0 spiro atoms. The Hall–Kier alpha value is -1.26. The van der Waals surface area contributed by atoms with Gasteiger partial charge in [-0.15, -0.1) is 0 Å². The zero-order chi connectivity index (χ0) is 14.7. The average Bonchev–Trinajstić information content (AvgIpc) is 2.79. The molecule has 0 aromatic heterocycles. The number of nitrogens with zero attached hydrogens (tertiary/aromatic N) is 2. The molecule has 2 aliphatic rings. The molecule has 2 fully saturated rings. The van der Waals surface area contributed by atoms with Crippen molar-refractivity contribution in [2.75, 3.05) is 19.6 Å². The predicted molar refractivity (Wildman–Crippen MR) is 76.5 cm³/mol. The largest absolute Gasteiger partial charge is 0.480 e. The lowest BCUT2D eigenvalue weighted by Gasteiger charge is -2.35.